The van der Waals surface area contributed by atoms with E-state index in [1.165, 1.54) is 0 Å². The van der Waals surface area contributed by atoms with E-state index in [0.29, 0.717) is 12.1 Å². The quantitative estimate of drug-likeness (QED) is 0.368. The van der Waals surface area contributed by atoms with Gasteiger partial charge in [-0.25, -0.2) is 30.4 Å². The average Bonchev–Trinajstić information content (AvgIpc) is 2.50. The molecule has 0 spiro atoms. The molecule has 2 aromatic carbocycles. The van der Waals surface area contributed by atoms with Crippen molar-refractivity contribution in [3.05, 3.63) is 47.3 Å². The predicted molar refractivity (Wildman–Crippen MR) is 66.2 cm³/mol. The van der Waals surface area contributed by atoms with E-state index in [9.17, 15) is 34.9 Å². The van der Waals surface area contributed by atoms with Gasteiger partial charge in [-0.3, -0.25) is 0 Å². The average molecular weight is 353 g/mol. The first-order valence-corrected chi connectivity index (χ1v) is 7.16. The van der Waals surface area contributed by atoms with Gasteiger partial charge in [0.1, 0.15) is 15.9 Å². The van der Waals surface area contributed by atoms with E-state index in [-0.39, 0.29) is 5.75 Å². The molecule has 0 unspecified atom stereocenters. The lowest BCUT2D eigenvalue weighted by atomic mass is 10.0. The molecule has 4 nitrogen and oxygen atoms in total. The Hall–Kier alpha value is -2.20. The third-order valence-electron chi connectivity index (χ3n) is 2.94. The van der Waals surface area contributed by atoms with Gasteiger partial charge in [-0.05, 0) is 18.2 Å². The van der Waals surface area contributed by atoms with E-state index in [0.717, 1.165) is 13.2 Å². The van der Waals surface area contributed by atoms with Crippen molar-refractivity contribution in [2.24, 2.45) is 0 Å². The van der Waals surface area contributed by atoms with Crippen molar-refractivity contribution in [1.82, 2.24) is 0 Å². The van der Waals surface area contributed by atoms with Gasteiger partial charge >= 0.3 is 0 Å². The summed E-state index contributed by atoms with van der Waals surface area (Å²) in [7, 11) is -4.14. The Morgan fingerprint density at radius 3 is 1.83 bits per heavy atom. The summed E-state index contributed by atoms with van der Waals surface area (Å²) in [6.07, 6.45) is 0. The summed E-state index contributed by atoms with van der Waals surface area (Å²) in [4.78, 5) is -1.15. The van der Waals surface area contributed by atoms with Crippen LogP contribution < -0.4 is 4.74 Å². The number of methoxy groups -OCH3 is 1. The highest BCUT2D eigenvalue weighted by molar-refractivity contribution is 7.85. The Bertz CT molecular complexity index is 867. The minimum Gasteiger partial charge on any atom is -0.744 e. The molecule has 124 valence electrons. The van der Waals surface area contributed by atoms with Crippen LogP contribution in [-0.4, -0.2) is 20.1 Å². The zero-order valence-electron chi connectivity index (χ0n) is 11.2. The molecule has 0 heterocycles. The van der Waals surface area contributed by atoms with Gasteiger partial charge in [0.2, 0.25) is 5.82 Å². The lowest BCUT2D eigenvalue weighted by Gasteiger charge is -2.16. The van der Waals surface area contributed by atoms with Gasteiger partial charge in [0.05, 0.1) is 17.6 Å². The van der Waals surface area contributed by atoms with Crippen molar-refractivity contribution in [3.8, 4) is 16.9 Å². The van der Waals surface area contributed by atoms with E-state index in [1.807, 2.05) is 0 Å². The van der Waals surface area contributed by atoms with E-state index in [4.69, 9.17) is 4.74 Å². The molecule has 0 atom stereocenters. The van der Waals surface area contributed by atoms with Crippen LogP contribution in [-0.2, 0) is 10.1 Å². The lowest BCUT2D eigenvalue weighted by Crippen LogP contribution is -2.08. The first-order chi connectivity index (χ1) is 10.6. The molecule has 0 aliphatic heterocycles. The van der Waals surface area contributed by atoms with Crippen LogP contribution in [0.2, 0.25) is 0 Å². The van der Waals surface area contributed by atoms with Crippen molar-refractivity contribution in [3.63, 3.8) is 0 Å². The van der Waals surface area contributed by atoms with E-state index >= 15 is 0 Å². The Morgan fingerprint density at radius 1 is 0.913 bits per heavy atom. The Morgan fingerprint density at radius 2 is 1.39 bits per heavy atom. The summed E-state index contributed by atoms with van der Waals surface area (Å²) < 4.78 is 106. The Kier molecular flexibility index (Phi) is 4.31. The number of rotatable bonds is 3. The van der Waals surface area contributed by atoms with Crippen molar-refractivity contribution in [2.75, 3.05) is 7.11 Å². The van der Waals surface area contributed by atoms with Crippen LogP contribution in [0.15, 0.2) is 23.1 Å². The second-order valence-electron chi connectivity index (χ2n) is 4.26. The second-order valence-corrected chi connectivity index (χ2v) is 5.61. The molecule has 0 aliphatic rings. The Balaban J connectivity index is 2.98. The summed E-state index contributed by atoms with van der Waals surface area (Å²) >= 11 is 0. The van der Waals surface area contributed by atoms with Crippen LogP contribution in [0.4, 0.5) is 22.0 Å². The van der Waals surface area contributed by atoms with Gasteiger partial charge < -0.3 is 9.29 Å². The molecule has 0 fully saturated rings. The topological polar surface area (TPSA) is 66.4 Å². The number of benzene rings is 2. The minimum atomic E-state index is -5.25. The minimum absolute atomic E-state index is 0.156. The molecule has 0 aliphatic carbocycles. The molecule has 2 rings (SSSR count). The van der Waals surface area contributed by atoms with E-state index in [2.05, 4.69) is 0 Å². The fraction of sp³-hybridized carbons (Fsp3) is 0.0769. The van der Waals surface area contributed by atoms with Gasteiger partial charge in [-0.15, -0.1) is 0 Å². The van der Waals surface area contributed by atoms with Crippen molar-refractivity contribution in [1.29, 1.82) is 0 Å². The standard InChI is InChI=1S/C13H7F5O4S/c1-22-5-2-3-7(23(19,20)21)6(4-5)8-9(14)11(16)13(18)12(17)10(8)15/h2-4H,1H3,(H,19,20,21)/p-1. The number of hydrogen-bond acceptors (Lipinski definition) is 4. The van der Waals surface area contributed by atoms with Crippen LogP contribution in [0.25, 0.3) is 11.1 Å². The van der Waals surface area contributed by atoms with Crippen LogP contribution >= 0.6 is 0 Å². The molecule has 0 amide bonds. The predicted octanol–water partition coefficient (Wildman–Crippen LogP) is 2.96. The monoisotopic (exact) mass is 353 g/mol. The van der Waals surface area contributed by atoms with Gasteiger partial charge in [0, 0.05) is 5.56 Å². The van der Waals surface area contributed by atoms with Crippen molar-refractivity contribution < 1.29 is 39.7 Å². The smallest absolute Gasteiger partial charge is 0.200 e. The SMILES string of the molecule is COc1ccc(S(=O)(=O)[O-])c(-c2c(F)c(F)c(F)c(F)c2F)c1. The summed E-state index contributed by atoms with van der Waals surface area (Å²) in [6.45, 7) is 0. The number of hydrogen-bond donors (Lipinski definition) is 0. The van der Waals surface area contributed by atoms with Gasteiger partial charge in [-0.1, -0.05) is 0 Å². The fourth-order valence-corrected chi connectivity index (χ4v) is 2.56. The highest BCUT2D eigenvalue weighted by Gasteiger charge is 2.29. The highest BCUT2D eigenvalue weighted by Crippen LogP contribution is 2.37. The number of ether oxygens (including phenoxy) is 1. The first kappa shape index (κ1) is 17.2. The molecule has 10 heteroatoms. The van der Waals surface area contributed by atoms with Crippen LogP contribution in [0.1, 0.15) is 0 Å². The molecule has 2 aromatic rings. The third-order valence-corrected chi connectivity index (χ3v) is 3.83. The fourth-order valence-electron chi connectivity index (χ4n) is 1.89. The molecule has 0 N–H and O–H groups in total. The van der Waals surface area contributed by atoms with Gasteiger partial charge in [0.25, 0.3) is 0 Å². The van der Waals surface area contributed by atoms with Crippen LogP contribution in [0.3, 0.4) is 0 Å². The molecular weight excluding hydrogens is 347 g/mol. The highest BCUT2D eigenvalue weighted by atomic mass is 32.2. The zero-order valence-corrected chi connectivity index (χ0v) is 12.0. The molecular formula is C13H6F5O4S-. The maximum atomic E-state index is 13.8. The first-order valence-electron chi connectivity index (χ1n) is 5.75. The van der Waals surface area contributed by atoms with E-state index < -0.39 is 55.2 Å². The molecule has 0 saturated carbocycles. The Labute approximate surface area is 126 Å². The molecule has 0 radical (unpaired) electrons. The number of halogens is 5. The summed E-state index contributed by atoms with van der Waals surface area (Å²) in [6, 6.07) is 2.32. The van der Waals surface area contributed by atoms with Crippen molar-refractivity contribution >= 4 is 10.1 Å². The maximum absolute atomic E-state index is 13.8. The summed E-state index contributed by atoms with van der Waals surface area (Å²) in [5.74, 6) is -11.6. The van der Waals surface area contributed by atoms with Crippen LogP contribution in [0.5, 0.6) is 5.75 Å². The van der Waals surface area contributed by atoms with Crippen LogP contribution in [0, 0.1) is 29.1 Å². The summed E-state index contributed by atoms with van der Waals surface area (Å²) in [5, 5.41) is 0. The normalized spacial score (nSPS) is 11.6. The van der Waals surface area contributed by atoms with Gasteiger partial charge in [-0.2, -0.15) is 0 Å². The third kappa shape index (κ3) is 2.86. The molecule has 0 bridgehead atoms. The second kappa shape index (κ2) is 5.78. The van der Waals surface area contributed by atoms with E-state index in [1.54, 1.807) is 0 Å². The largest absolute Gasteiger partial charge is 0.744 e. The summed E-state index contributed by atoms with van der Waals surface area (Å²) in [5.41, 5.74) is -2.53. The molecule has 23 heavy (non-hydrogen) atoms. The lowest BCUT2D eigenvalue weighted by molar-refractivity contribution is 0.381. The molecule has 0 aromatic heterocycles. The van der Waals surface area contributed by atoms with Crippen molar-refractivity contribution in [2.45, 2.75) is 4.90 Å². The molecule has 0 saturated heterocycles. The maximum Gasteiger partial charge on any atom is 0.200 e. The van der Waals surface area contributed by atoms with Gasteiger partial charge in [0.15, 0.2) is 23.3 Å². The zero-order chi connectivity index (χ0) is 17.5.